The number of aryl methyl sites for hydroxylation is 3. The maximum absolute atomic E-state index is 13.2. The predicted molar refractivity (Wildman–Crippen MR) is 129 cm³/mol. The Morgan fingerprint density at radius 3 is 2.30 bits per heavy atom. The Bertz CT molecular complexity index is 1110. The Labute approximate surface area is 217 Å². The van der Waals surface area contributed by atoms with Crippen LogP contribution in [0.1, 0.15) is 55.4 Å². The molecule has 0 spiro atoms. The number of amides is 2. The largest absolute Gasteiger partial charge is 0.390 e. The number of aliphatic hydroxyl groups is 1. The van der Waals surface area contributed by atoms with Gasteiger partial charge in [0.25, 0.3) is 0 Å². The third kappa shape index (κ3) is 5.92. The van der Waals surface area contributed by atoms with E-state index in [0.29, 0.717) is 5.69 Å². The van der Waals surface area contributed by atoms with E-state index in [0.717, 1.165) is 59.6 Å². The monoisotopic (exact) mass is 484 g/mol. The van der Waals surface area contributed by atoms with Crippen LogP contribution in [0.2, 0.25) is 0 Å². The summed E-state index contributed by atoms with van der Waals surface area (Å²) in [5, 5.41) is 17.0. The molecule has 4 rings (SSSR count). The van der Waals surface area contributed by atoms with Crippen molar-refractivity contribution in [2.75, 3.05) is 16.2 Å². The van der Waals surface area contributed by atoms with E-state index in [1.165, 1.54) is 22.0 Å². The van der Waals surface area contributed by atoms with Gasteiger partial charge in [-0.15, -0.1) is 0 Å². The number of urea groups is 1. The molecule has 2 aliphatic rings. The molecule has 1 aromatic carbocycles. The van der Waals surface area contributed by atoms with Crippen molar-refractivity contribution in [2.24, 2.45) is 7.05 Å². The van der Waals surface area contributed by atoms with Crippen molar-refractivity contribution < 1.29 is 18.3 Å². The molecule has 11 heteroatoms. The van der Waals surface area contributed by atoms with Gasteiger partial charge in [0.15, 0.2) is 0 Å². The topological polar surface area (TPSA) is 117 Å². The molecule has 3 N–H and O–H groups in total. The molecule has 0 atom stereocenters. The van der Waals surface area contributed by atoms with Crippen LogP contribution in [-0.2, 0) is 42.9 Å². The second-order valence-electron chi connectivity index (χ2n) is 9.30. The zero-order valence-corrected chi connectivity index (χ0v) is 22.6. The fourth-order valence-electron chi connectivity index (χ4n) is 4.58. The number of rotatable bonds is 7. The predicted octanol–water partition coefficient (Wildman–Crippen LogP) is 2.05. The average molecular weight is 485 g/mol. The van der Waals surface area contributed by atoms with E-state index in [1.807, 2.05) is 0 Å². The van der Waals surface area contributed by atoms with Crippen LogP contribution in [0.5, 0.6) is 0 Å². The fourth-order valence-corrected chi connectivity index (χ4v) is 5.68. The van der Waals surface area contributed by atoms with E-state index < -0.39 is 21.8 Å². The van der Waals surface area contributed by atoms with Gasteiger partial charge in [-0.3, -0.25) is 8.99 Å². The fraction of sp³-hybridized carbons (Fsp3) is 0.545. The van der Waals surface area contributed by atoms with Crippen molar-refractivity contribution in [3.8, 4) is 0 Å². The minimum Gasteiger partial charge on any atom is -0.390 e. The first-order chi connectivity index (χ1) is 15.0. The SMILES string of the molecule is Cn1cc(N(CCC(C)(C)O)S(=O)(=O)NC(=O)Nc2c3c(cc4c2CCC4)CCC3)cn1.[Na]. The molecule has 175 valence electrons. The normalized spacial score (nSPS) is 14.9. The molecular weight excluding hydrogens is 453 g/mol. The molecule has 0 saturated heterocycles. The minimum absolute atomic E-state index is 0. The van der Waals surface area contributed by atoms with Crippen LogP contribution in [-0.4, -0.2) is 71.0 Å². The molecule has 9 nitrogen and oxygen atoms in total. The molecule has 1 heterocycles. The van der Waals surface area contributed by atoms with E-state index in [4.69, 9.17) is 0 Å². The van der Waals surface area contributed by atoms with Crippen LogP contribution in [0.25, 0.3) is 0 Å². The molecule has 0 saturated carbocycles. The van der Waals surface area contributed by atoms with Crippen LogP contribution >= 0.6 is 0 Å². The zero-order valence-electron chi connectivity index (χ0n) is 19.8. The van der Waals surface area contributed by atoms with Gasteiger partial charge >= 0.3 is 16.2 Å². The Balaban J connectivity index is 0.00000306. The number of aromatic nitrogens is 2. The summed E-state index contributed by atoms with van der Waals surface area (Å²) in [6.45, 7) is 3.21. The average Bonchev–Trinajstić information content (AvgIpc) is 3.40. The molecule has 0 bridgehead atoms. The number of anilines is 2. The van der Waals surface area contributed by atoms with Gasteiger partial charge in [0.1, 0.15) is 0 Å². The third-order valence-corrected chi connectivity index (χ3v) is 7.55. The second-order valence-corrected chi connectivity index (χ2v) is 10.9. The van der Waals surface area contributed by atoms with Gasteiger partial charge in [0.05, 0.1) is 17.5 Å². The number of carbonyl (C=O) groups is 1. The number of hydrogen-bond donors (Lipinski definition) is 3. The van der Waals surface area contributed by atoms with Crippen LogP contribution in [0, 0.1) is 0 Å². The number of benzene rings is 1. The molecule has 0 fully saturated rings. The van der Waals surface area contributed by atoms with Crippen molar-refractivity contribution in [1.29, 1.82) is 0 Å². The summed E-state index contributed by atoms with van der Waals surface area (Å²) < 4.78 is 31.0. The molecule has 0 unspecified atom stereocenters. The molecule has 2 aliphatic carbocycles. The van der Waals surface area contributed by atoms with Crippen LogP contribution in [0.15, 0.2) is 18.5 Å². The molecule has 1 radical (unpaired) electrons. The van der Waals surface area contributed by atoms with E-state index in [-0.39, 0.29) is 42.5 Å². The summed E-state index contributed by atoms with van der Waals surface area (Å²) in [7, 11) is -2.54. The number of fused-ring (bicyclic) bond motifs is 2. The maximum atomic E-state index is 13.2. The second kappa shape index (κ2) is 9.95. The smallest absolute Gasteiger partial charge is 0.334 e. The van der Waals surface area contributed by atoms with Gasteiger partial charge in [0, 0.05) is 55.0 Å². The van der Waals surface area contributed by atoms with E-state index in [1.54, 1.807) is 27.1 Å². The van der Waals surface area contributed by atoms with Crippen molar-refractivity contribution in [3.05, 3.63) is 40.7 Å². The van der Waals surface area contributed by atoms with E-state index >= 15 is 0 Å². The van der Waals surface area contributed by atoms with Gasteiger partial charge in [-0.05, 0) is 81.0 Å². The van der Waals surface area contributed by atoms with Gasteiger partial charge in [-0.25, -0.2) is 9.52 Å². The van der Waals surface area contributed by atoms with Crippen LogP contribution in [0.4, 0.5) is 16.2 Å². The van der Waals surface area contributed by atoms with Crippen LogP contribution < -0.4 is 14.3 Å². The molecule has 2 aromatic rings. The molecular formula is C22H31N5NaO4S. The first-order valence-corrected chi connectivity index (χ1v) is 12.5. The van der Waals surface area contributed by atoms with Gasteiger partial charge in [-0.2, -0.15) is 13.5 Å². The molecule has 2 amide bonds. The minimum atomic E-state index is -4.23. The number of nitrogens with one attached hydrogen (secondary N) is 2. The van der Waals surface area contributed by atoms with Gasteiger partial charge in [0.2, 0.25) is 0 Å². The van der Waals surface area contributed by atoms with Gasteiger partial charge < -0.3 is 10.4 Å². The Hall–Kier alpha value is -1.59. The Kier molecular flexibility index (Phi) is 7.85. The zero-order chi connectivity index (χ0) is 23.1. The summed E-state index contributed by atoms with van der Waals surface area (Å²) in [5.74, 6) is 0. The summed E-state index contributed by atoms with van der Waals surface area (Å²) in [6.07, 6.45) is 8.99. The van der Waals surface area contributed by atoms with E-state index in [9.17, 15) is 18.3 Å². The third-order valence-electron chi connectivity index (χ3n) is 6.13. The summed E-state index contributed by atoms with van der Waals surface area (Å²) in [5.41, 5.74) is 4.80. The van der Waals surface area contributed by atoms with Gasteiger partial charge in [-0.1, -0.05) is 6.07 Å². The van der Waals surface area contributed by atoms with E-state index in [2.05, 4.69) is 21.2 Å². The van der Waals surface area contributed by atoms with Crippen molar-refractivity contribution in [3.63, 3.8) is 0 Å². The standard InChI is InChI=1S/C22H31N5O4S.Na/c1-22(2,29)10-11-27(17-13-23-26(3)14-17)32(30,31)25-21(28)24-20-18-8-4-6-15(18)12-16-7-5-9-19(16)20;/h12-14,29H,4-11H2,1-3H3,(H2,24,25,28);. The first-order valence-electron chi connectivity index (χ1n) is 11.0. The van der Waals surface area contributed by atoms with Crippen LogP contribution in [0.3, 0.4) is 0 Å². The Morgan fingerprint density at radius 1 is 1.18 bits per heavy atom. The van der Waals surface area contributed by atoms with Crippen molar-refractivity contribution in [1.82, 2.24) is 14.5 Å². The maximum Gasteiger partial charge on any atom is 0.334 e. The Morgan fingerprint density at radius 2 is 1.79 bits per heavy atom. The van der Waals surface area contributed by atoms with Crippen molar-refractivity contribution >= 4 is 57.2 Å². The molecule has 1 aromatic heterocycles. The summed E-state index contributed by atoms with van der Waals surface area (Å²) in [4.78, 5) is 12.9. The first kappa shape index (κ1) is 26.0. The number of carbonyl (C=O) groups excluding carboxylic acids is 1. The number of hydrogen-bond acceptors (Lipinski definition) is 5. The summed E-state index contributed by atoms with van der Waals surface area (Å²) >= 11 is 0. The quantitative estimate of drug-likeness (QED) is 0.520. The van der Waals surface area contributed by atoms with Crippen molar-refractivity contribution in [2.45, 2.75) is 64.4 Å². The number of nitrogens with zero attached hydrogens (tertiary/aromatic N) is 3. The molecule has 0 aliphatic heterocycles. The summed E-state index contributed by atoms with van der Waals surface area (Å²) in [6, 6.07) is 1.47. The molecule has 33 heavy (non-hydrogen) atoms.